The first-order valence-electron chi connectivity index (χ1n) is 6.31. The molecule has 1 aliphatic rings. The van der Waals surface area contributed by atoms with Gasteiger partial charge in [0, 0.05) is 12.6 Å². The summed E-state index contributed by atoms with van der Waals surface area (Å²) in [6.45, 7) is 2.83. The first kappa shape index (κ1) is 13.4. The minimum atomic E-state index is -0.378. The molecule has 0 heterocycles. The molecule has 1 fully saturated rings. The van der Waals surface area contributed by atoms with Gasteiger partial charge in [-0.15, -0.1) is 0 Å². The number of ether oxygens (including phenoxy) is 1. The summed E-state index contributed by atoms with van der Waals surface area (Å²) in [6.07, 6.45) is 2.90. The van der Waals surface area contributed by atoms with E-state index in [-0.39, 0.29) is 6.10 Å². The van der Waals surface area contributed by atoms with Crippen molar-refractivity contribution in [1.82, 2.24) is 5.32 Å². The monoisotopic (exact) mass is 308 g/mol. The predicted octanol–water partition coefficient (Wildman–Crippen LogP) is 3.38. The number of hydrogen-bond acceptors (Lipinski definition) is 3. The van der Waals surface area contributed by atoms with Gasteiger partial charge in [-0.25, -0.2) is 0 Å². The number of rotatable bonds is 6. The van der Waals surface area contributed by atoms with E-state index in [2.05, 4.69) is 33.4 Å². The topological polar surface area (TPSA) is 45.0 Å². The fourth-order valence-electron chi connectivity index (χ4n) is 1.65. The van der Waals surface area contributed by atoms with Crippen molar-refractivity contribution in [2.24, 2.45) is 0 Å². The van der Waals surface area contributed by atoms with Gasteiger partial charge in [0.2, 0.25) is 0 Å². The van der Waals surface area contributed by atoms with E-state index >= 15 is 0 Å². The second kappa shape index (κ2) is 6.21. The van der Waals surface area contributed by atoms with Crippen molar-refractivity contribution in [2.45, 2.75) is 44.9 Å². The van der Waals surface area contributed by atoms with Crippen LogP contribution in [0, 0.1) is 11.3 Å². The Morgan fingerprint density at radius 3 is 2.89 bits per heavy atom. The van der Waals surface area contributed by atoms with Crippen molar-refractivity contribution in [3.8, 4) is 11.8 Å². The van der Waals surface area contributed by atoms with Crippen LogP contribution in [0.25, 0.3) is 0 Å². The third kappa shape index (κ3) is 3.72. The van der Waals surface area contributed by atoms with E-state index in [1.807, 2.05) is 19.1 Å². The summed E-state index contributed by atoms with van der Waals surface area (Å²) in [6, 6.07) is 8.86. The van der Waals surface area contributed by atoms with Gasteiger partial charge < -0.3 is 10.1 Å². The van der Waals surface area contributed by atoms with Crippen molar-refractivity contribution >= 4 is 15.9 Å². The molecule has 0 aliphatic heterocycles. The lowest BCUT2D eigenvalue weighted by Gasteiger charge is -2.13. The molecule has 0 radical (unpaired) electrons. The molecule has 96 valence electrons. The smallest absolute Gasteiger partial charge is 0.184 e. The quantitative estimate of drug-likeness (QED) is 0.876. The van der Waals surface area contributed by atoms with Crippen LogP contribution >= 0.6 is 15.9 Å². The summed E-state index contributed by atoms with van der Waals surface area (Å²) >= 11 is 3.49. The van der Waals surface area contributed by atoms with Crippen LogP contribution in [0.5, 0.6) is 5.75 Å². The van der Waals surface area contributed by atoms with Crippen LogP contribution in [0.1, 0.15) is 31.7 Å². The second-order valence-corrected chi connectivity index (χ2v) is 5.42. The van der Waals surface area contributed by atoms with E-state index in [9.17, 15) is 0 Å². The summed E-state index contributed by atoms with van der Waals surface area (Å²) in [5, 5.41) is 12.4. The molecule has 1 atom stereocenters. The van der Waals surface area contributed by atoms with Crippen LogP contribution in [0.15, 0.2) is 22.7 Å². The fourth-order valence-corrected chi connectivity index (χ4v) is 2.17. The van der Waals surface area contributed by atoms with Crippen molar-refractivity contribution < 1.29 is 4.74 Å². The second-order valence-electron chi connectivity index (χ2n) is 4.56. The highest BCUT2D eigenvalue weighted by atomic mass is 79.9. The maximum atomic E-state index is 8.88. The summed E-state index contributed by atoms with van der Waals surface area (Å²) in [5.74, 6) is 0.735. The Labute approximate surface area is 116 Å². The zero-order valence-corrected chi connectivity index (χ0v) is 12.0. The van der Waals surface area contributed by atoms with Crippen LogP contribution in [-0.4, -0.2) is 12.1 Å². The molecule has 0 spiro atoms. The van der Waals surface area contributed by atoms with Crippen LogP contribution in [0.4, 0.5) is 0 Å². The molecule has 1 unspecified atom stereocenters. The Morgan fingerprint density at radius 1 is 1.56 bits per heavy atom. The van der Waals surface area contributed by atoms with Gasteiger partial charge in [0.05, 0.1) is 4.47 Å². The molecular formula is C14H17BrN2O. The molecular weight excluding hydrogens is 292 g/mol. The van der Waals surface area contributed by atoms with Gasteiger partial charge in [-0.05, 0) is 52.9 Å². The molecule has 0 saturated heterocycles. The Bertz CT molecular complexity index is 452. The zero-order chi connectivity index (χ0) is 13.0. The average Bonchev–Trinajstić information content (AvgIpc) is 3.19. The van der Waals surface area contributed by atoms with Crippen LogP contribution in [0.2, 0.25) is 0 Å². The molecule has 0 amide bonds. The van der Waals surface area contributed by atoms with E-state index in [0.717, 1.165) is 16.8 Å². The average molecular weight is 309 g/mol. The van der Waals surface area contributed by atoms with Gasteiger partial charge in [0.1, 0.15) is 11.8 Å². The van der Waals surface area contributed by atoms with Crippen molar-refractivity contribution in [2.75, 3.05) is 0 Å². The number of halogens is 1. The first-order chi connectivity index (χ1) is 8.72. The number of nitrogens with zero attached hydrogens (tertiary/aromatic N) is 1. The Kier molecular flexibility index (Phi) is 4.62. The molecule has 0 aromatic heterocycles. The fraction of sp³-hybridized carbons (Fsp3) is 0.500. The maximum absolute atomic E-state index is 8.88. The normalized spacial score (nSPS) is 16.1. The lowest BCUT2D eigenvalue weighted by Crippen LogP contribution is -2.15. The summed E-state index contributed by atoms with van der Waals surface area (Å²) in [4.78, 5) is 0. The minimum Gasteiger partial charge on any atom is -0.474 e. The van der Waals surface area contributed by atoms with E-state index in [4.69, 9.17) is 10.00 Å². The number of nitriles is 1. The number of nitrogens with one attached hydrogen (secondary N) is 1. The van der Waals surface area contributed by atoms with E-state index in [1.54, 1.807) is 0 Å². The van der Waals surface area contributed by atoms with Crippen LogP contribution < -0.4 is 10.1 Å². The highest BCUT2D eigenvalue weighted by Gasteiger charge is 2.20. The molecule has 0 bridgehead atoms. The standard InChI is InChI=1S/C14H17BrN2O/c1-2-12(8-16)18-14-6-3-10(7-13(14)15)9-17-11-4-5-11/h3,6-7,11-12,17H,2,4-5,9H2,1H3. The van der Waals surface area contributed by atoms with E-state index in [0.29, 0.717) is 12.5 Å². The lowest BCUT2D eigenvalue weighted by atomic mass is 10.2. The maximum Gasteiger partial charge on any atom is 0.184 e. The molecule has 1 aromatic carbocycles. The van der Waals surface area contributed by atoms with Gasteiger partial charge >= 0.3 is 0 Å². The van der Waals surface area contributed by atoms with E-state index in [1.165, 1.54) is 18.4 Å². The lowest BCUT2D eigenvalue weighted by molar-refractivity contribution is 0.250. The molecule has 2 rings (SSSR count). The summed E-state index contributed by atoms with van der Waals surface area (Å²) in [5.41, 5.74) is 1.23. The van der Waals surface area contributed by atoms with Gasteiger partial charge in [-0.1, -0.05) is 13.0 Å². The van der Waals surface area contributed by atoms with Gasteiger partial charge in [-0.2, -0.15) is 5.26 Å². The molecule has 3 nitrogen and oxygen atoms in total. The predicted molar refractivity (Wildman–Crippen MR) is 74.3 cm³/mol. The van der Waals surface area contributed by atoms with Crippen molar-refractivity contribution in [3.63, 3.8) is 0 Å². The Hall–Kier alpha value is -1.05. The number of benzene rings is 1. The van der Waals surface area contributed by atoms with Crippen LogP contribution in [-0.2, 0) is 6.54 Å². The molecule has 18 heavy (non-hydrogen) atoms. The molecule has 4 heteroatoms. The molecule has 1 aliphatic carbocycles. The largest absolute Gasteiger partial charge is 0.474 e. The Balaban J connectivity index is 1.97. The van der Waals surface area contributed by atoms with Crippen molar-refractivity contribution in [1.29, 1.82) is 5.26 Å². The first-order valence-corrected chi connectivity index (χ1v) is 7.10. The highest BCUT2D eigenvalue weighted by Crippen LogP contribution is 2.28. The van der Waals surface area contributed by atoms with Gasteiger partial charge in [0.25, 0.3) is 0 Å². The zero-order valence-electron chi connectivity index (χ0n) is 10.4. The number of hydrogen-bond donors (Lipinski definition) is 1. The minimum absolute atomic E-state index is 0.378. The van der Waals surface area contributed by atoms with Gasteiger partial charge in [-0.3, -0.25) is 0 Å². The summed E-state index contributed by atoms with van der Waals surface area (Å²) < 4.78 is 6.52. The van der Waals surface area contributed by atoms with Crippen molar-refractivity contribution in [3.05, 3.63) is 28.2 Å². The third-order valence-corrected chi connectivity index (χ3v) is 3.57. The molecule has 1 aromatic rings. The molecule has 1 N–H and O–H groups in total. The Morgan fingerprint density at radius 2 is 2.33 bits per heavy atom. The van der Waals surface area contributed by atoms with E-state index < -0.39 is 0 Å². The SMILES string of the molecule is CCC(C#N)Oc1ccc(CNC2CC2)cc1Br. The highest BCUT2D eigenvalue weighted by molar-refractivity contribution is 9.10. The van der Waals surface area contributed by atoms with Gasteiger partial charge in [0.15, 0.2) is 6.10 Å². The summed E-state index contributed by atoms with van der Waals surface area (Å²) in [7, 11) is 0. The third-order valence-electron chi connectivity index (χ3n) is 2.95. The van der Waals surface area contributed by atoms with Crippen LogP contribution in [0.3, 0.4) is 0 Å². The molecule has 1 saturated carbocycles.